The van der Waals surface area contributed by atoms with Gasteiger partial charge in [0, 0.05) is 30.8 Å². The Bertz CT molecular complexity index is 1490. The molecule has 0 unspecified atom stereocenters. The summed E-state index contributed by atoms with van der Waals surface area (Å²) in [6, 6.07) is 7.94. The van der Waals surface area contributed by atoms with Crippen molar-refractivity contribution >= 4 is 28.5 Å². The number of methoxy groups -OCH3 is 1. The van der Waals surface area contributed by atoms with Crippen LogP contribution >= 0.6 is 0 Å². The highest BCUT2D eigenvalue weighted by Gasteiger charge is 2.30. The van der Waals surface area contributed by atoms with E-state index in [0.29, 0.717) is 22.6 Å². The van der Waals surface area contributed by atoms with E-state index in [4.69, 9.17) is 4.74 Å². The predicted molar refractivity (Wildman–Crippen MR) is 150 cm³/mol. The summed E-state index contributed by atoms with van der Waals surface area (Å²) in [5.74, 6) is 5.92. The highest BCUT2D eigenvalue weighted by atomic mass is 19.4. The first-order valence-corrected chi connectivity index (χ1v) is 13.2. The molecule has 2 aromatic carbocycles. The van der Waals surface area contributed by atoms with E-state index in [1.807, 2.05) is 7.05 Å². The van der Waals surface area contributed by atoms with Crippen LogP contribution < -0.4 is 20.7 Å². The first-order chi connectivity index (χ1) is 19.5. The summed E-state index contributed by atoms with van der Waals surface area (Å²) >= 11 is 0. The molecule has 12 heteroatoms. The third-order valence-electron chi connectivity index (χ3n) is 7.04. The van der Waals surface area contributed by atoms with E-state index in [2.05, 4.69) is 44.6 Å². The smallest absolute Gasteiger partial charge is 0.406 e. The summed E-state index contributed by atoms with van der Waals surface area (Å²) in [7, 11) is 5.05. The van der Waals surface area contributed by atoms with Crippen molar-refractivity contribution in [1.29, 1.82) is 0 Å². The van der Waals surface area contributed by atoms with Crippen molar-refractivity contribution in [3.8, 4) is 17.6 Å². The lowest BCUT2D eigenvalue weighted by Crippen LogP contribution is -2.48. The van der Waals surface area contributed by atoms with E-state index in [-0.39, 0.29) is 41.0 Å². The first kappa shape index (κ1) is 29.7. The van der Waals surface area contributed by atoms with Crippen LogP contribution in [-0.2, 0) is 6.54 Å². The van der Waals surface area contributed by atoms with E-state index < -0.39 is 18.6 Å². The van der Waals surface area contributed by atoms with Gasteiger partial charge in [0.2, 0.25) is 0 Å². The Kier molecular flexibility index (Phi) is 9.08. The SMILES string of the molecule is CNC(=O)c1ccc(NCC#Cc2cc(C(=O)N[C@@H]3CCN(C)C[C@H]3C)c3ncn(CC(F)(F)F)c3c2)c(OC)c1. The van der Waals surface area contributed by atoms with Gasteiger partial charge in [0.25, 0.3) is 11.8 Å². The van der Waals surface area contributed by atoms with Crippen molar-refractivity contribution in [3.63, 3.8) is 0 Å². The second kappa shape index (κ2) is 12.5. The number of imidazole rings is 1. The Balaban J connectivity index is 1.60. The first-order valence-electron chi connectivity index (χ1n) is 13.2. The molecule has 1 aromatic heterocycles. The van der Waals surface area contributed by atoms with E-state index in [1.165, 1.54) is 20.2 Å². The molecule has 41 heavy (non-hydrogen) atoms. The third kappa shape index (κ3) is 7.29. The van der Waals surface area contributed by atoms with Gasteiger partial charge in [-0.25, -0.2) is 4.98 Å². The number of hydrogen-bond donors (Lipinski definition) is 3. The largest absolute Gasteiger partial charge is 0.495 e. The summed E-state index contributed by atoms with van der Waals surface area (Å²) in [5.41, 5.74) is 1.97. The zero-order chi connectivity index (χ0) is 29.7. The number of ether oxygens (including phenoxy) is 1. The number of amides is 2. The van der Waals surface area contributed by atoms with Crippen molar-refractivity contribution < 1.29 is 27.5 Å². The molecule has 3 N–H and O–H groups in total. The Morgan fingerprint density at radius 2 is 1.98 bits per heavy atom. The minimum atomic E-state index is -4.46. The number of nitrogens with zero attached hydrogens (tertiary/aromatic N) is 3. The Hall–Kier alpha value is -4.24. The topological polar surface area (TPSA) is 101 Å². The lowest BCUT2D eigenvalue weighted by molar-refractivity contribution is -0.139. The predicted octanol–water partition coefficient (Wildman–Crippen LogP) is 3.50. The van der Waals surface area contributed by atoms with Gasteiger partial charge in [0.15, 0.2) is 0 Å². The Morgan fingerprint density at radius 3 is 2.66 bits per heavy atom. The number of carbonyl (C=O) groups excluding carboxylic acids is 2. The molecule has 3 aromatic rings. The molecule has 1 aliphatic rings. The Morgan fingerprint density at radius 1 is 1.20 bits per heavy atom. The van der Waals surface area contributed by atoms with Crippen molar-refractivity contribution in [2.24, 2.45) is 5.92 Å². The number of aromatic nitrogens is 2. The van der Waals surface area contributed by atoms with Gasteiger partial charge in [-0.05, 0) is 56.3 Å². The number of anilines is 1. The molecule has 0 bridgehead atoms. The van der Waals surface area contributed by atoms with Gasteiger partial charge >= 0.3 is 6.18 Å². The van der Waals surface area contributed by atoms with Crippen molar-refractivity contribution in [1.82, 2.24) is 25.1 Å². The Labute approximate surface area is 236 Å². The number of piperidine rings is 1. The quantitative estimate of drug-likeness (QED) is 0.376. The second-order valence-corrected chi connectivity index (χ2v) is 10.1. The molecule has 2 amide bonds. The maximum atomic E-state index is 13.4. The molecule has 218 valence electrons. The molecule has 0 saturated carbocycles. The average molecular weight is 571 g/mol. The average Bonchev–Trinajstić information content (AvgIpc) is 3.32. The number of carbonyl (C=O) groups is 2. The fraction of sp³-hybridized carbons (Fsp3) is 0.414. The van der Waals surface area contributed by atoms with Gasteiger partial charge in [-0.15, -0.1) is 0 Å². The molecule has 2 atom stereocenters. The molecular formula is C29H33F3N6O3. The molecule has 0 radical (unpaired) electrons. The number of nitrogens with one attached hydrogen (secondary N) is 3. The number of benzene rings is 2. The lowest BCUT2D eigenvalue weighted by atomic mass is 9.93. The van der Waals surface area contributed by atoms with Gasteiger partial charge < -0.3 is 30.2 Å². The number of likely N-dealkylation sites (tertiary alicyclic amines) is 1. The van der Waals surface area contributed by atoms with Crippen molar-refractivity contribution in [2.75, 3.05) is 46.2 Å². The van der Waals surface area contributed by atoms with Crippen molar-refractivity contribution in [3.05, 3.63) is 53.3 Å². The summed E-state index contributed by atoms with van der Waals surface area (Å²) < 4.78 is 46.1. The summed E-state index contributed by atoms with van der Waals surface area (Å²) in [6.45, 7) is 2.66. The summed E-state index contributed by atoms with van der Waals surface area (Å²) in [4.78, 5) is 31.6. The van der Waals surface area contributed by atoms with Crippen LogP contribution in [0.2, 0.25) is 0 Å². The van der Waals surface area contributed by atoms with E-state index in [0.717, 1.165) is 30.4 Å². The minimum Gasteiger partial charge on any atom is -0.495 e. The fourth-order valence-electron chi connectivity index (χ4n) is 4.95. The molecular weight excluding hydrogens is 537 g/mol. The molecule has 1 saturated heterocycles. The monoisotopic (exact) mass is 570 g/mol. The molecule has 2 heterocycles. The maximum Gasteiger partial charge on any atom is 0.406 e. The molecule has 9 nitrogen and oxygen atoms in total. The molecule has 1 fully saturated rings. The third-order valence-corrected chi connectivity index (χ3v) is 7.04. The molecule has 1 aliphatic heterocycles. The fourth-order valence-corrected chi connectivity index (χ4v) is 4.95. The van der Waals surface area contributed by atoms with E-state index in [9.17, 15) is 22.8 Å². The highest BCUT2D eigenvalue weighted by Crippen LogP contribution is 2.27. The standard InChI is InChI=1S/C29H33F3N6O3/c1-18-15-37(3)11-9-22(18)36-28(40)21-12-19(13-24-26(21)35-17-38(24)16-29(30,31)32)6-5-10-34-23-8-7-20(27(39)33-2)14-25(23)41-4/h7-8,12-14,17-18,22,34H,9-11,15-16H2,1-4H3,(H,33,39)(H,36,40)/t18-,22-/m1/s1. The number of rotatable bonds is 7. The van der Waals surface area contributed by atoms with Crippen LogP contribution in [0.5, 0.6) is 5.75 Å². The lowest BCUT2D eigenvalue weighted by Gasteiger charge is -2.35. The minimum absolute atomic E-state index is 0.0604. The van der Waals surface area contributed by atoms with Crippen LogP contribution in [0.3, 0.4) is 0 Å². The normalized spacial score (nSPS) is 17.4. The van der Waals surface area contributed by atoms with Crippen LogP contribution in [-0.4, -0.2) is 79.3 Å². The summed E-state index contributed by atoms with van der Waals surface area (Å²) in [6.07, 6.45) is -2.59. The maximum absolute atomic E-state index is 13.4. The van der Waals surface area contributed by atoms with Gasteiger partial charge in [0.1, 0.15) is 17.8 Å². The van der Waals surface area contributed by atoms with Crippen molar-refractivity contribution in [2.45, 2.75) is 32.1 Å². The van der Waals surface area contributed by atoms with Crippen LogP contribution in [0.4, 0.5) is 18.9 Å². The summed E-state index contributed by atoms with van der Waals surface area (Å²) in [5, 5.41) is 8.73. The zero-order valence-electron chi connectivity index (χ0n) is 23.4. The van der Waals surface area contributed by atoms with E-state index in [1.54, 1.807) is 24.3 Å². The number of fused-ring (bicyclic) bond motifs is 1. The van der Waals surface area contributed by atoms with Crippen LogP contribution in [0.1, 0.15) is 39.6 Å². The van der Waals surface area contributed by atoms with Crippen LogP contribution in [0.15, 0.2) is 36.7 Å². The van der Waals surface area contributed by atoms with Gasteiger partial charge in [-0.2, -0.15) is 13.2 Å². The van der Waals surface area contributed by atoms with Gasteiger partial charge in [-0.1, -0.05) is 18.8 Å². The zero-order valence-corrected chi connectivity index (χ0v) is 23.4. The number of alkyl halides is 3. The van der Waals surface area contributed by atoms with E-state index >= 15 is 0 Å². The van der Waals surface area contributed by atoms with Gasteiger partial charge in [0.05, 0.1) is 36.7 Å². The van der Waals surface area contributed by atoms with Gasteiger partial charge in [-0.3, -0.25) is 9.59 Å². The molecule has 4 rings (SSSR count). The number of halogens is 3. The van der Waals surface area contributed by atoms with Crippen LogP contribution in [0, 0.1) is 17.8 Å². The molecule has 0 spiro atoms. The highest BCUT2D eigenvalue weighted by molar-refractivity contribution is 6.05. The molecule has 0 aliphatic carbocycles. The second-order valence-electron chi connectivity index (χ2n) is 10.1. The van der Waals surface area contributed by atoms with Crippen LogP contribution in [0.25, 0.3) is 11.0 Å². The number of hydrogen-bond acceptors (Lipinski definition) is 6.